The van der Waals surface area contributed by atoms with Crippen molar-refractivity contribution in [3.8, 4) is 5.75 Å². The number of aromatic hydroxyl groups is 1. The lowest BCUT2D eigenvalue weighted by Gasteiger charge is -2.11. The molecule has 72 valence electrons. The first-order valence-corrected chi connectivity index (χ1v) is 4.67. The van der Waals surface area contributed by atoms with E-state index in [0.29, 0.717) is 11.1 Å². The van der Waals surface area contributed by atoms with Crippen LogP contribution in [0, 0.1) is 0 Å². The maximum Gasteiger partial charge on any atom is 0.130 e. The molecule has 0 saturated carbocycles. The van der Waals surface area contributed by atoms with Crippen molar-refractivity contribution in [3.05, 3.63) is 28.2 Å². The molecule has 0 bridgehead atoms. The maximum atomic E-state index is 9.37. The van der Waals surface area contributed by atoms with Crippen molar-refractivity contribution in [2.45, 2.75) is 6.04 Å². The van der Waals surface area contributed by atoms with Crippen LogP contribution in [0.4, 0.5) is 0 Å². The molecule has 0 heterocycles. The second-order valence-corrected chi connectivity index (χ2v) is 3.63. The topological polar surface area (TPSA) is 55.5 Å². The fourth-order valence-corrected chi connectivity index (χ4v) is 1.28. The normalized spacial score (nSPS) is 12.8. The first kappa shape index (κ1) is 10.5. The van der Waals surface area contributed by atoms with Gasteiger partial charge in [0.25, 0.3) is 0 Å². The summed E-state index contributed by atoms with van der Waals surface area (Å²) >= 11 is 3.20. The molecule has 4 heteroatoms. The zero-order valence-corrected chi connectivity index (χ0v) is 8.91. The molecule has 1 atom stereocenters. The second kappa shape index (κ2) is 4.60. The van der Waals surface area contributed by atoms with Crippen LogP contribution >= 0.6 is 15.9 Å². The number of nitrogens with two attached hydrogens (primary N) is 1. The van der Waals surface area contributed by atoms with Crippen LogP contribution in [0.1, 0.15) is 11.6 Å². The first-order chi connectivity index (χ1) is 6.15. The Kier molecular flexibility index (Phi) is 3.71. The van der Waals surface area contributed by atoms with Crippen molar-refractivity contribution in [2.75, 3.05) is 13.7 Å². The van der Waals surface area contributed by atoms with Crippen LogP contribution in [0.2, 0.25) is 0 Å². The Labute approximate surface area is 85.6 Å². The van der Waals surface area contributed by atoms with Gasteiger partial charge >= 0.3 is 0 Å². The van der Waals surface area contributed by atoms with E-state index in [1.165, 1.54) is 0 Å². The Hall–Kier alpha value is -0.580. The standard InChI is InChI=1S/C9H12BrNO2/c1-13-5-8(11)6-2-3-7(10)9(12)4-6/h2-4,8,12H,5,11H2,1H3. The van der Waals surface area contributed by atoms with Gasteiger partial charge in [-0.2, -0.15) is 0 Å². The molecule has 0 spiro atoms. The Bertz CT molecular complexity index is 291. The number of phenolic OH excluding ortho intramolecular Hbond substituents is 1. The highest BCUT2D eigenvalue weighted by atomic mass is 79.9. The minimum Gasteiger partial charge on any atom is -0.507 e. The predicted octanol–water partition coefficient (Wildman–Crippen LogP) is 1.80. The van der Waals surface area contributed by atoms with Crippen LogP contribution in [0.3, 0.4) is 0 Å². The molecule has 3 N–H and O–H groups in total. The van der Waals surface area contributed by atoms with Crippen molar-refractivity contribution in [1.82, 2.24) is 0 Å². The van der Waals surface area contributed by atoms with E-state index in [9.17, 15) is 5.11 Å². The Morgan fingerprint density at radius 1 is 1.62 bits per heavy atom. The highest BCUT2D eigenvalue weighted by Crippen LogP contribution is 2.26. The number of hydrogen-bond donors (Lipinski definition) is 2. The molecule has 0 aliphatic heterocycles. The highest BCUT2D eigenvalue weighted by molar-refractivity contribution is 9.10. The van der Waals surface area contributed by atoms with Gasteiger partial charge in [-0.15, -0.1) is 0 Å². The molecule has 0 amide bonds. The molecule has 3 nitrogen and oxygen atoms in total. The molecule has 0 aromatic heterocycles. The van der Waals surface area contributed by atoms with Crippen LogP contribution in [-0.4, -0.2) is 18.8 Å². The van der Waals surface area contributed by atoms with Gasteiger partial charge in [-0.25, -0.2) is 0 Å². The predicted molar refractivity (Wildman–Crippen MR) is 54.6 cm³/mol. The molecular formula is C9H12BrNO2. The van der Waals surface area contributed by atoms with Crippen LogP contribution in [0.25, 0.3) is 0 Å². The van der Waals surface area contributed by atoms with E-state index in [4.69, 9.17) is 10.5 Å². The van der Waals surface area contributed by atoms with Gasteiger partial charge in [-0.1, -0.05) is 6.07 Å². The number of methoxy groups -OCH3 is 1. The summed E-state index contributed by atoms with van der Waals surface area (Å²) in [4.78, 5) is 0. The number of phenols is 1. The molecule has 0 aliphatic carbocycles. The fourth-order valence-electron chi connectivity index (χ4n) is 1.04. The minimum atomic E-state index is -0.191. The van der Waals surface area contributed by atoms with Crippen LogP contribution < -0.4 is 5.73 Å². The second-order valence-electron chi connectivity index (χ2n) is 2.77. The van der Waals surface area contributed by atoms with Crippen molar-refractivity contribution in [3.63, 3.8) is 0 Å². The lowest BCUT2D eigenvalue weighted by atomic mass is 10.1. The third kappa shape index (κ3) is 2.69. The number of benzene rings is 1. The summed E-state index contributed by atoms with van der Waals surface area (Å²) in [6.45, 7) is 0.446. The largest absolute Gasteiger partial charge is 0.507 e. The van der Waals surface area contributed by atoms with Gasteiger partial charge in [-0.3, -0.25) is 0 Å². The summed E-state index contributed by atoms with van der Waals surface area (Å²) < 4.78 is 5.58. The summed E-state index contributed by atoms with van der Waals surface area (Å²) in [5, 5.41) is 9.37. The molecule has 1 rings (SSSR count). The van der Waals surface area contributed by atoms with Crippen molar-refractivity contribution in [1.29, 1.82) is 0 Å². The SMILES string of the molecule is COCC(N)c1ccc(Br)c(O)c1. The van der Waals surface area contributed by atoms with E-state index in [0.717, 1.165) is 5.56 Å². The van der Waals surface area contributed by atoms with Crippen LogP contribution in [0.5, 0.6) is 5.75 Å². The van der Waals surface area contributed by atoms with Gasteiger partial charge in [-0.05, 0) is 33.6 Å². The number of ether oxygens (including phenoxy) is 1. The van der Waals surface area contributed by atoms with E-state index in [1.54, 1.807) is 19.2 Å². The molecular weight excluding hydrogens is 234 g/mol. The van der Waals surface area contributed by atoms with E-state index in [2.05, 4.69) is 15.9 Å². The van der Waals surface area contributed by atoms with Gasteiger partial charge in [0.05, 0.1) is 17.1 Å². The molecule has 0 fully saturated rings. The van der Waals surface area contributed by atoms with E-state index >= 15 is 0 Å². The van der Waals surface area contributed by atoms with Gasteiger partial charge in [0.2, 0.25) is 0 Å². The Morgan fingerprint density at radius 3 is 2.85 bits per heavy atom. The zero-order valence-electron chi connectivity index (χ0n) is 7.33. The molecule has 1 aromatic carbocycles. The third-order valence-corrected chi connectivity index (χ3v) is 2.42. The minimum absolute atomic E-state index is 0.191. The first-order valence-electron chi connectivity index (χ1n) is 3.88. The molecule has 1 unspecified atom stereocenters. The number of halogens is 1. The van der Waals surface area contributed by atoms with Gasteiger partial charge in [0.15, 0.2) is 0 Å². The maximum absolute atomic E-state index is 9.37. The smallest absolute Gasteiger partial charge is 0.130 e. The lowest BCUT2D eigenvalue weighted by Crippen LogP contribution is -2.15. The Morgan fingerprint density at radius 2 is 2.31 bits per heavy atom. The van der Waals surface area contributed by atoms with Crippen LogP contribution in [-0.2, 0) is 4.74 Å². The average Bonchev–Trinajstić information content (AvgIpc) is 2.10. The fraction of sp³-hybridized carbons (Fsp3) is 0.333. The summed E-state index contributed by atoms with van der Waals surface area (Å²) in [6.07, 6.45) is 0. The van der Waals surface area contributed by atoms with E-state index in [-0.39, 0.29) is 11.8 Å². The molecule has 0 aliphatic rings. The van der Waals surface area contributed by atoms with Crippen molar-refractivity contribution >= 4 is 15.9 Å². The molecule has 1 aromatic rings. The Balaban J connectivity index is 2.84. The van der Waals surface area contributed by atoms with Gasteiger partial charge < -0.3 is 15.6 Å². The van der Waals surface area contributed by atoms with E-state index < -0.39 is 0 Å². The van der Waals surface area contributed by atoms with E-state index in [1.807, 2.05) is 6.07 Å². The molecule has 0 saturated heterocycles. The van der Waals surface area contributed by atoms with Crippen LogP contribution in [0.15, 0.2) is 22.7 Å². The highest BCUT2D eigenvalue weighted by Gasteiger charge is 2.07. The van der Waals surface area contributed by atoms with Crippen molar-refractivity contribution < 1.29 is 9.84 Å². The zero-order chi connectivity index (χ0) is 9.84. The summed E-state index contributed by atoms with van der Waals surface area (Å²) in [6, 6.07) is 5.06. The van der Waals surface area contributed by atoms with Crippen molar-refractivity contribution in [2.24, 2.45) is 5.73 Å². The summed E-state index contributed by atoms with van der Waals surface area (Å²) in [5.74, 6) is 0.198. The average molecular weight is 246 g/mol. The quantitative estimate of drug-likeness (QED) is 0.854. The van der Waals surface area contributed by atoms with Gasteiger partial charge in [0.1, 0.15) is 5.75 Å². The third-order valence-electron chi connectivity index (χ3n) is 1.74. The monoisotopic (exact) mass is 245 g/mol. The lowest BCUT2D eigenvalue weighted by molar-refractivity contribution is 0.181. The summed E-state index contributed by atoms with van der Waals surface area (Å²) in [5.41, 5.74) is 6.64. The number of rotatable bonds is 3. The molecule has 0 radical (unpaired) electrons. The summed E-state index contributed by atoms with van der Waals surface area (Å²) in [7, 11) is 1.60. The number of hydrogen-bond acceptors (Lipinski definition) is 3. The van der Waals surface area contributed by atoms with Gasteiger partial charge in [0, 0.05) is 7.11 Å². The molecule has 13 heavy (non-hydrogen) atoms.